The second kappa shape index (κ2) is 5.40. The summed E-state index contributed by atoms with van der Waals surface area (Å²) in [4.78, 5) is 0. The quantitative estimate of drug-likeness (QED) is 0.815. The molecule has 0 saturated heterocycles. The lowest BCUT2D eigenvalue weighted by Gasteiger charge is -2.11. The van der Waals surface area contributed by atoms with Crippen molar-refractivity contribution in [1.29, 1.82) is 0 Å². The van der Waals surface area contributed by atoms with Crippen molar-refractivity contribution >= 4 is 15.5 Å². The van der Waals surface area contributed by atoms with Crippen molar-refractivity contribution in [2.45, 2.75) is 20.8 Å². The molecule has 0 aliphatic rings. The van der Waals surface area contributed by atoms with E-state index in [9.17, 15) is 8.42 Å². The molecule has 0 aliphatic heterocycles. The number of hydrogen-bond acceptors (Lipinski definition) is 4. The average Bonchev–Trinajstić information content (AvgIpc) is 2.25. The Morgan fingerprint density at radius 2 is 1.88 bits per heavy atom. The van der Waals surface area contributed by atoms with E-state index in [-0.39, 0.29) is 18.1 Å². The molecule has 0 unspecified atom stereocenters. The van der Waals surface area contributed by atoms with Crippen LogP contribution in [0.3, 0.4) is 0 Å². The molecule has 0 saturated carbocycles. The average molecular weight is 257 g/mol. The van der Waals surface area contributed by atoms with E-state index in [1.165, 1.54) is 0 Å². The third-order valence-electron chi connectivity index (χ3n) is 2.66. The van der Waals surface area contributed by atoms with E-state index in [2.05, 4.69) is 0 Å². The summed E-state index contributed by atoms with van der Waals surface area (Å²) in [5.74, 6) is 0.894. The molecule has 0 radical (unpaired) electrons. The fourth-order valence-electron chi connectivity index (χ4n) is 1.39. The molecule has 5 heteroatoms. The van der Waals surface area contributed by atoms with Crippen LogP contribution in [-0.2, 0) is 9.84 Å². The lowest BCUT2D eigenvalue weighted by atomic mass is 10.1. The summed E-state index contributed by atoms with van der Waals surface area (Å²) in [6, 6.07) is 3.67. The Hall–Kier alpha value is -1.23. The minimum atomic E-state index is -2.97. The molecule has 1 aromatic rings. The van der Waals surface area contributed by atoms with Gasteiger partial charge in [0.1, 0.15) is 12.4 Å². The highest BCUT2D eigenvalue weighted by molar-refractivity contribution is 7.91. The molecule has 96 valence electrons. The summed E-state index contributed by atoms with van der Waals surface area (Å²) in [7, 11) is -2.97. The Kier molecular flexibility index (Phi) is 4.40. The maximum Gasteiger partial charge on any atom is 0.153 e. The van der Waals surface area contributed by atoms with Crippen molar-refractivity contribution in [1.82, 2.24) is 0 Å². The molecule has 2 N–H and O–H groups in total. The number of rotatable bonds is 5. The largest absolute Gasteiger partial charge is 0.492 e. The van der Waals surface area contributed by atoms with Crippen LogP contribution in [-0.4, -0.2) is 26.5 Å². The fourth-order valence-corrected chi connectivity index (χ4v) is 2.02. The van der Waals surface area contributed by atoms with Gasteiger partial charge in [-0.25, -0.2) is 8.42 Å². The van der Waals surface area contributed by atoms with Gasteiger partial charge in [0.15, 0.2) is 9.84 Å². The Balaban J connectivity index is 2.68. The number of aryl methyl sites for hydroxylation is 2. The Morgan fingerprint density at radius 1 is 1.24 bits per heavy atom. The van der Waals surface area contributed by atoms with E-state index in [0.29, 0.717) is 5.75 Å². The summed E-state index contributed by atoms with van der Waals surface area (Å²) in [6.45, 7) is 5.60. The number of benzene rings is 1. The van der Waals surface area contributed by atoms with Crippen LogP contribution in [0.2, 0.25) is 0 Å². The fraction of sp³-hybridized carbons (Fsp3) is 0.500. The predicted molar refractivity (Wildman–Crippen MR) is 70.2 cm³/mol. The third-order valence-corrected chi connectivity index (χ3v) is 4.32. The summed E-state index contributed by atoms with van der Waals surface area (Å²) < 4.78 is 28.1. The number of nitrogens with two attached hydrogens (primary N) is 1. The van der Waals surface area contributed by atoms with Gasteiger partial charge in [0.25, 0.3) is 0 Å². The molecule has 17 heavy (non-hydrogen) atoms. The van der Waals surface area contributed by atoms with Gasteiger partial charge in [0.05, 0.1) is 5.75 Å². The van der Waals surface area contributed by atoms with Crippen LogP contribution in [0.5, 0.6) is 5.75 Å². The summed E-state index contributed by atoms with van der Waals surface area (Å²) >= 11 is 0. The van der Waals surface area contributed by atoms with Gasteiger partial charge in [-0.05, 0) is 37.1 Å². The van der Waals surface area contributed by atoms with Crippen LogP contribution >= 0.6 is 0 Å². The normalized spacial score (nSPS) is 11.5. The molecule has 0 fully saturated rings. The maximum atomic E-state index is 11.3. The molecule has 0 aliphatic carbocycles. The van der Waals surface area contributed by atoms with Gasteiger partial charge in [-0.15, -0.1) is 0 Å². The second-order valence-electron chi connectivity index (χ2n) is 4.06. The summed E-state index contributed by atoms with van der Waals surface area (Å²) in [5.41, 5.74) is 8.33. The van der Waals surface area contributed by atoms with E-state index >= 15 is 0 Å². The molecule has 0 spiro atoms. The molecule has 0 atom stereocenters. The van der Waals surface area contributed by atoms with Gasteiger partial charge in [0.2, 0.25) is 0 Å². The highest BCUT2D eigenvalue weighted by Crippen LogP contribution is 2.24. The minimum Gasteiger partial charge on any atom is -0.492 e. The predicted octanol–water partition coefficient (Wildman–Crippen LogP) is 1.70. The molecule has 0 aromatic heterocycles. The zero-order valence-electron chi connectivity index (χ0n) is 10.5. The smallest absolute Gasteiger partial charge is 0.153 e. The first-order chi connectivity index (χ1) is 7.85. The second-order valence-corrected chi connectivity index (χ2v) is 6.53. The van der Waals surface area contributed by atoms with Crippen LogP contribution in [0.25, 0.3) is 0 Å². The Morgan fingerprint density at radius 3 is 2.47 bits per heavy atom. The first kappa shape index (κ1) is 13.8. The molecular weight excluding hydrogens is 238 g/mol. The number of nitrogen functional groups attached to an aromatic ring is 1. The van der Waals surface area contributed by atoms with Crippen LogP contribution in [0.15, 0.2) is 12.1 Å². The zero-order valence-corrected chi connectivity index (χ0v) is 11.3. The van der Waals surface area contributed by atoms with Crippen molar-refractivity contribution < 1.29 is 13.2 Å². The highest BCUT2D eigenvalue weighted by atomic mass is 32.2. The maximum absolute atomic E-state index is 11.3. The van der Waals surface area contributed by atoms with Crippen LogP contribution in [0, 0.1) is 13.8 Å². The standard InChI is InChI=1S/C12H19NO3S/c1-4-17(14,15)6-5-16-12-8-9(2)11(13)7-10(12)3/h7-8H,4-6,13H2,1-3H3. The van der Waals surface area contributed by atoms with E-state index < -0.39 is 9.84 Å². The number of sulfone groups is 1. The first-order valence-electron chi connectivity index (χ1n) is 5.55. The monoisotopic (exact) mass is 257 g/mol. The van der Waals surface area contributed by atoms with E-state index in [4.69, 9.17) is 10.5 Å². The minimum absolute atomic E-state index is 0.0480. The van der Waals surface area contributed by atoms with Crippen molar-refractivity contribution in [2.24, 2.45) is 0 Å². The van der Waals surface area contributed by atoms with Gasteiger partial charge in [-0.2, -0.15) is 0 Å². The van der Waals surface area contributed by atoms with Crippen molar-refractivity contribution in [3.8, 4) is 5.75 Å². The van der Waals surface area contributed by atoms with Gasteiger partial charge in [-0.3, -0.25) is 0 Å². The Bertz CT molecular complexity index is 495. The Labute approximate surface area is 103 Å². The number of ether oxygens (including phenoxy) is 1. The zero-order chi connectivity index (χ0) is 13.1. The van der Waals surface area contributed by atoms with Gasteiger partial charge in [0, 0.05) is 11.4 Å². The number of hydrogen-bond donors (Lipinski definition) is 1. The lowest BCUT2D eigenvalue weighted by molar-refractivity contribution is 0.338. The van der Waals surface area contributed by atoms with Crippen molar-refractivity contribution in [3.05, 3.63) is 23.3 Å². The molecule has 4 nitrogen and oxygen atoms in total. The molecule has 0 amide bonds. The van der Waals surface area contributed by atoms with Gasteiger partial charge in [-0.1, -0.05) is 6.92 Å². The number of anilines is 1. The summed E-state index contributed by atoms with van der Waals surface area (Å²) in [6.07, 6.45) is 0. The molecular formula is C12H19NO3S. The SMILES string of the molecule is CCS(=O)(=O)CCOc1cc(C)c(N)cc1C. The van der Waals surface area contributed by atoms with Gasteiger partial charge >= 0.3 is 0 Å². The first-order valence-corrected chi connectivity index (χ1v) is 7.38. The van der Waals surface area contributed by atoms with Crippen molar-refractivity contribution in [2.75, 3.05) is 23.8 Å². The van der Waals surface area contributed by atoms with E-state index in [1.807, 2.05) is 26.0 Å². The third kappa shape index (κ3) is 3.93. The highest BCUT2D eigenvalue weighted by Gasteiger charge is 2.09. The lowest BCUT2D eigenvalue weighted by Crippen LogP contribution is -2.16. The van der Waals surface area contributed by atoms with Crippen LogP contribution < -0.4 is 10.5 Å². The van der Waals surface area contributed by atoms with Gasteiger partial charge < -0.3 is 10.5 Å². The van der Waals surface area contributed by atoms with Crippen LogP contribution in [0.1, 0.15) is 18.1 Å². The molecule has 1 aromatic carbocycles. The summed E-state index contributed by atoms with van der Waals surface area (Å²) in [5, 5.41) is 0. The van der Waals surface area contributed by atoms with Crippen LogP contribution in [0.4, 0.5) is 5.69 Å². The van der Waals surface area contributed by atoms with E-state index in [1.54, 1.807) is 6.92 Å². The van der Waals surface area contributed by atoms with Crippen molar-refractivity contribution in [3.63, 3.8) is 0 Å². The molecule has 0 heterocycles. The van der Waals surface area contributed by atoms with E-state index in [0.717, 1.165) is 16.8 Å². The molecule has 0 bridgehead atoms. The topological polar surface area (TPSA) is 69.4 Å². The molecule has 1 rings (SSSR count).